The van der Waals surface area contributed by atoms with Gasteiger partial charge in [0.05, 0.1) is 12.4 Å². The second kappa shape index (κ2) is 5.54. The fourth-order valence-corrected chi connectivity index (χ4v) is 6.76. The normalized spacial score (nSPS) is 41.9. The van der Waals surface area contributed by atoms with Gasteiger partial charge in [-0.25, -0.2) is 4.68 Å². The van der Waals surface area contributed by atoms with Gasteiger partial charge in [-0.2, -0.15) is 0 Å². The third-order valence-electron chi connectivity index (χ3n) is 8.22. The molecule has 4 aliphatic rings. The van der Waals surface area contributed by atoms with Crippen molar-refractivity contribution in [2.75, 3.05) is 0 Å². The van der Waals surface area contributed by atoms with E-state index >= 15 is 0 Å². The fourth-order valence-electron chi connectivity index (χ4n) is 6.76. The number of carbonyl (C=O) groups excluding carboxylic acids is 1. The van der Waals surface area contributed by atoms with Crippen LogP contribution in [0.3, 0.4) is 0 Å². The summed E-state index contributed by atoms with van der Waals surface area (Å²) in [6.07, 6.45) is 15.8. The summed E-state index contributed by atoms with van der Waals surface area (Å²) in [5.74, 6) is 2.30. The summed E-state index contributed by atoms with van der Waals surface area (Å²) in [4.78, 5) is 12.0. The molecule has 1 amide bonds. The Labute approximate surface area is 154 Å². The molecule has 138 valence electrons. The lowest BCUT2D eigenvalue weighted by Crippen LogP contribution is -2.49. The minimum absolute atomic E-state index is 0.180. The van der Waals surface area contributed by atoms with Crippen molar-refractivity contribution in [3.8, 4) is 0 Å². The average molecular weight is 352 g/mol. The van der Waals surface area contributed by atoms with Crippen LogP contribution < -0.4 is 5.32 Å². The Hall–Kier alpha value is -1.91. The Kier molecular flexibility index (Phi) is 3.47. The van der Waals surface area contributed by atoms with E-state index in [9.17, 15) is 4.79 Å². The van der Waals surface area contributed by atoms with Crippen LogP contribution in [0.25, 0.3) is 5.70 Å². The fraction of sp³-hybridized carbons (Fsp3) is 0.667. The molecule has 5 atom stereocenters. The van der Waals surface area contributed by atoms with E-state index in [1.807, 2.05) is 17.1 Å². The third-order valence-corrected chi connectivity index (χ3v) is 8.22. The molecule has 1 aliphatic heterocycles. The van der Waals surface area contributed by atoms with Crippen molar-refractivity contribution in [1.82, 2.24) is 20.3 Å². The van der Waals surface area contributed by atoms with Crippen LogP contribution in [0.4, 0.5) is 0 Å². The van der Waals surface area contributed by atoms with Gasteiger partial charge in [0.15, 0.2) is 0 Å². The van der Waals surface area contributed by atoms with Crippen molar-refractivity contribution in [3.63, 3.8) is 0 Å². The zero-order valence-corrected chi connectivity index (χ0v) is 15.7. The van der Waals surface area contributed by atoms with E-state index in [0.29, 0.717) is 18.3 Å². The van der Waals surface area contributed by atoms with Crippen LogP contribution in [0.2, 0.25) is 0 Å². The molecule has 3 aliphatic carbocycles. The standard InChI is InChI=1S/C21H28N4O/c1-20-10-8-19(26)22-13-14(20)3-4-15-16-5-6-18(25-12-11-23-24-25)21(16,2)9-7-17(15)20/h6,11-13,15-17H,3-5,7-10H2,1-2H3,(H,22,26)/t15?,16?,17?,20-,21-/m0/s1. The Morgan fingerprint density at radius 3 is 2.85 bits per heavy atom. The van der Waals surface area contributed by atoms with Crippen LogP contribution in [0.1, 0.15) is 58.8 Å². The maximum atomic E-state index is 12.0. The summed E-state index contributed by atoms with van der Waals surface area (Å²) in [7, 11) is 0. The molecule has 2 fully saturated rings. The van der Waals surface area contributed by atoms with Crippen LogP contribution in [0.5, 0.6) is 0 Å². The zero-order valence-electron chi connectivity index (χ0n) is 15.7. The molecule has 1 aromatic rings. The molecule has 0 radical (unpaired) electrons. The van der Waals surface area contributed by atoms with E-state index < -0.39 is 0 Å². The molecule has 5 heteroatoms. The van der Waals surface area contributed by atoms with E-state index in [4.69, 9.17) is 0 Å². The maximum absolute atomic E-state index is 12.0. The van der Waals surface area contributed by atoms with Crippen LogP contribution in [0.15, 0.2) is 30.2 Å². The van der Waals surface area contributed by atoms with Crippen LogP contribution in [-0.4, -0.2) is 20.9 Å². The quantitative estimate of drug-likeness (QED) is 0.837. The molecule has 26 heavy (non-hydrogen) atoms. The van der Waals surface area contributed by atoms with Crippen LogP contribution in [-0.2, 0) is 4.79 Å². The summed E-state index contributed by atoms with van der Waals surface area (Å²) in [6.45, 7) is 4.87. The third kappa shape index (κ3) is 2.12. The molecular formula is C21H28N4O. The molecule has 1 N–H and O–H groups in total. The van der Waals surface area contributed by atoms with E-state index in [-0.39, 0.29) is 16.7 Å². The molecule has 5 rings (SSSR count). The number of rotatable bonds is 1. The predicted molar refractivity (Wildman–Crippen MR) is 99.5 cm³/mol. The first-order valence-electron chi connectivity index (χ1n) is 10.1. The first-order chi connectivity index (χ1) is 12.5. The minimum atomic E-state index is 0.180. The van der Waals surface area contributed by atoms with Gasteiger partial charge >= 0.3 is 0 Å². The summed E-state index contributed by atoms with van der Waals surface area (Å²) in [6, 6.07) is 0. The lowest BCUT2D eigenvalue weighted by atomic mass is 9.48. The Morgan fingerprint density at radius 2 is 2.04 bits per heavy atom. The highest BCUT2D eigenvalue weighted by Crippen LogP contribution is 2.65. The van der Waals surface area contributed by atoms with Crippen LogP contribution >= 0.6 is 0 Å². The monoisotopic (exact) mass is 352 g/mol. The number of fused-ring (bicyclic) bond motifs is 5. The topological polar surface area (TPSA) is 59.8 Å². The second-order valence-corrected chi connectivity index (χ2v) is 9.20. The van der Waals surface area contributed by atoms with E-state index in [1.165, 1.54) is 30.5 Å². The van der Waals surface area contributed by atoms with Gasteiger partial charge in [-0.3, -0.25) is 4.79 Å². The Balaban J connectivity index is 1.47. The smallest absolute Gasteiger partial charge is 0.223 e. The van der Waals surface area contributed by atoms with Crippen LogP contribution in [0, 0.1) is 28.6 Å². The maximum Gasteiger partial charge on any atom is 0.223 e. The average Bonchev–Trinajstić information content (AvgIpc) is 3.22. The Bertz CT molecular complexity index is 795. The van der Waals surface area contributed by atoms with E-state index in [2.05, 4.69) is 35.6 Å². The van der Waals surface area contributed by atoms with Gasteiger partial charge in [-0.15, -0.1) is 5.10 Å². The van der Waals surface area contributed by atoms with Crippen molar-refractivity contribution in [2.45, 2.75) is 58.8 Å². The molecule has 1 aromatic heterocycles. The van der Waals surface area contributed by atoms with Gasteiger partial charge in [-0.05, 0) is 67.3 Å². The zero-order chi connectivity index (χ0) is 17.9. The number of allylic oxidation sites excluding steroid dienone is 3. The van der Waals surface area contributed by atoms with Gasteiger partial charge in [0.25, 0.3) is 0 Å². The molecule has 2 heterocycles. The molecular weight excluding hydrogens is 324 g/mol. The highest BCUT2D eigenvalue weighted by atomic mass is 16.1. The largest absolute Gasteiger partial charge is 0.333 e. The summed E-state index contributed by atoms with van der Waals surface area (Å²) in [5, 5.41) is 11.3. The van der Waals surface area contributed by atoms with E-state index in [0.717, 1.165) is 25.2 Å². The van der Waals surface area contributed by atoms with Crippen molar-refractivity contribution < 1.29 is 4.79 Å². The highest BCUT2D eigenvalue weighted by molar-refractivity contribution is 5.77. The van der Waals surface area contributed by atoms with Crippen molar-refractivity contribution >= 4 is 11.6 Å². The Morgan fingerprint density at radius 1 is 1.15 bits per heavy atom. The van der Waals surface area contributed by atoms with Crippen molar-refractivity contribution in [3.05, 3.63) is 30.2 Å². The second-order valence-electron chi connectivity index (χ2n) is 9.20. The van der Waals surface area contributed by atoms with Gasteiger partial charge < -0.3 is 5.32 Å². The van der Waals surface area contributed by atoms with E-state index in [1.54, 1.807) is 6.20 Å². The van der Waals surface area contributed by atoms with Gasteiger partial charge in [-0.1, -0.05) is 25.1 Å². The summed E-state index contributed by atoms with van der Waals surface area (Å²) in [5.41, 5.74) is 3.21. The molecule has 0 bridgehead atoms. The SMILES string of the molecule is C[C@]12CCC(=O)NC=C1CCC1C2CC[C@]2(C)C(n3ccnn3)=CCC12. The number of nitrogens with one attached hydrogen (secondary N) is 1. The molecule has 0 aromatic carbocycles. The highest BCUT2D eigenvalue weighted by Gasteiger charge is 2.57. The predicted octanol–water partition coefficient (Wildman–Crippen LogP) is 3.77. The minimum Gasteiger partial charge on any atom is -0.333 e. The first-order valence-corrected chi connectivity index (χ1v) is 10.1. The molecule has 0 saturated heterocycles. The molecule has 5 nitrogen and oxygen atoms in total. The number of carbonyl (C=O) groups is 1. The van der Waals surface area contributed by atoms with Crippen molar-refractivity contribution in [2.24, 2.45) is 28.6 Å². The van der Waals surface area contributed by atoms with Gasteiger partial charge in [0.2, 0.25) is 5.91 Å². The molecule has 0 spiro atoms. The number of nitrogens with zero attached hydrogens (tertiary/aromatic N) is 3. The number of aromatic nitrogens is 3. The lowest BCUT2D eigenvalue weighted by molar-refractivity contribution is -0.120. The van der Waals surface area contributed by atoms with Gasteiger partial charge in [0, 0.05) is 23.7 Å². The first kappa shape index (κ1) is 16.3. The molecule has 2 saturated carbocycles. The lowest BCUT2D eigenvalue weighted by Gasteiger charge is -2.56. The summed E-state index contributed by atoms with van der Waals surface area (Å²) < 4.78 is 1.99. The van der Waals surface area contributed by atoms with Gasteiger partial charge in [0.1, 0.15) is 0 Å². The number of hydrogen-bond acceptors (Lipinski definition) is 3. The number of amides is 1. The van der Waals surface area contributed by atoms with Crippen molar-refractivity contribution in [1.29, 1.82) is 0 Å². The summed E-state index contributed by atoms with van der Waals surface area (Å²) >= 11 is 0. The number of hydrogen-bond donors (Lipinski definition) is 1. The molecule has 3 unspecified atom stereocenters.